The molecule has 0 radical (unpaired) electrons. The highest BCUT2D eigenvalue weighted by atomic mass is 19.4. The summed E-state index contributed by atoms with van der Waals surface area (Å²) in [4.78, 5) is 17.1. The largest absolute Gasteiger partial charge is 0.495 e. The first-order valence-corrected chi connectivity index (χ1v) is 10.3. The molecule has 0 saturated carbocycles. The summed E-state index contributed by atoms with van der Waals surface area (Å²) in [6, 6.07) is 15.7. The number of carbonyl (C=O) groups is 1. The number of anilines is 1. The third-order valence-electron chi connectivity index (χ3n) is 5.65. The second-order valence-corrected chi connectivity index (χ2v) is 7.56. The van der Waals surface area contributed by atoms with Crippen LogP contribution in [0, 0.1) is 11.3 Å². The van der Waals surface area contributed by atoms with E-state index in [-0.39, 0.29) is 16.9 Å². The molecule has 6 nitrogen and oxygen atoms in total. The molecule has 0 unspecified atom stereocenters. The third-order valence-corrected chi connectivity index (χ3v) is 5.65. The molecule has 1 aliphatic heterocycles. The fraction of sp³-hybridized carbons (Fsp3) is 0.250. The molecule has 0 atom stereocenters. The summed E-state index contributed by atoms with van der Waals surface area (Å²) in [6.45, 7) is 1.90. The summed E-state index contributed by atoms with van der Waals surface area (Å²) in [6.07, 6.45) is -3.06. The van der Waals surface area contributed by atoms with Crippen LogP contribution in [0.15, 0.2) is 60.8 Å². The maximum atomic E-state index is 13.4. The number of methoxy groups -OCH3 is 1. The predicted octanol–water partition coefficient (Wildman–Crippen LogP) is 4.34. The number of carbonyl (C=O) groups excluding carboxylic acids is 1. The van der Waals surface area contributed by atoms with Crippen molar-refractivity contribution in [2.75, 3.05) is 38.2 Å². The molecule has 9 heteroatoms. The highest BCUT2D eigenvalue weighted by Gasteiger charge is 2.32. The smallest absolute Gasteiger partial charge is 0.416 e. The highest BCUT2D eigenvalue weighted by molar-refractivity contribution is 5.96. The van der Waals surface area contributed by atoms with E-state index in [4.69, 9.17) is 4.74 Å². The van der Waals surface area contributed by atoms with E-state index in [0.29, 0.717) is 26.2 Å². The van der Waals surface area contributed by atoms with Crippen molar-refractivity contribution in [1.82, 2.24) is 9.47 Å². The molecular weight excluding hydrogens is 433 g/mol. The van der Waals surface area contributed by atoms with Crippen LogP contribution in [0.4, 0.5) is 18.9 Å². The molecule has 2 aromatic carbocycles. The lowest BCUT2D eigenvalue weighted by Gasteiger charge is -2.36. The zero-order valence-corrected chi connectivity index (χ0v) is 17.8. The molecule has 1 amide bonds. The number of para-hydroxylation sites is 2. The normalized spacial score (nSPS) is 14.2. The van der Waals surface area contributed by atoms with E-state index in [1.807, 2.05) is 30.3 Å². The highest BCUT2D eigenvalue weighted by Crippen LogP contribution is 2.32. The van der Waals surface area contributed by atoms with Crippen molar-refractivity contribution in [3.63, 3.8) is 0 Å². The van der Waals surface area contributed by atoms with Gasteiger partial charge in [-0.2, -0.15) is 18.4 Å². The second-order valence-electron chi connectivity index (χ2n) is 7.56. The number of benzene rings is 2. The van der Waals surface area contributed by atoms with E-state index in [0.717, 1.165) is 23.6 Å². The van der Waals surface area contributed by atoms with Crippen molar-refractivity contribution in [2.45, 2.75) is 6.18 Å². The SMILES string of the molecule is COc1ccccc1N1CCN(C(=O)c2c(C#N)ccn2-c2cccc(C(F)(F)F)c2)CC1. The molecule has 170 valence electrons. The molecule has 1 aromatic heterocycles. The lowest BCUT2D eigenvalue weighted by Crippen LogP contribution is -2.49. The number of aromatic nitrogens is 1. The van der Waals surface area contributed by atoms with E-state index in [1.165, 1.54) is 29.0 Å². The second kappa shape index (κ2) is 8.90. The molecule has 4 rings (SSSR count). The van der Waals surface area contributed by atoms with Gasteiger partial charge in [-0.1, -0.05) is 18.2 Å². The number of hydrogen-bond acceptors (Lipinski definition) is 4. The van der Waals surface area contributed by atoms with Crippen LogP contribution in [0.3, 0.4) is 0 Å². The van der Waals surface area contributed by atoms with Crippen molar-refractivity contribution in [3.05, 3.63) is 77.6 Å². The molecule has 0 spiro atoms. The van der Waals surface area contributed by atoms with Gasteiger partial charge in [0.05, 0.1) is 23.9 Å². The first-order chi connectivity index (χ1) is 15.8. The maximum Gasteiger partial charge on any atom is 0.416 e. The molecule has 0 aliphatic carbocycles. The summed E-state index contributed by atoms with van der Waals surface area (Å²) in [5.41, 5.74) is 0.447. The Labute approximate surface area is 189 Å². The summed E-state index contributed by atoms with van der Waals surface area (Å²) in [7, 11) is 1.60. The number of amides is 1. The summed E-state index contributed by atoms with van der Waals surface area (Å²) in [5.74, 6) is 0.344. The third kappa shape index (κ3) is 4.37. The van der Waals surface area contributed by atoms with Crippen LogP contribution in [0.25, 0.3) is 5.69 Å². The molecular formula is C24H21F3N4O2. The van der Waals surface area contributed by atoms with Crippen LogP contribution < -0.4 is 9.64 Å². The number of nitrogens with zero attached hydrogens (tertiary/aromatic N) is 4. The minimum atomic E-state index is -4.51. The zero-order chi connectivity index (χ0) is 23.6. The van der Waals surface area contributed by atoms with E-state index in [1.54, 1.807) is 12.0 Å². The van der Waals surface area contributed by atoms with Crippen LogP contribution >= 0.6 is 0 Å². The maximum absolute atomic E-state index is 13.4. The molecule has 1 fully saturated rings. The summed E-state index contributed by atoms with van der Waals surface area (Å²) >= 11 is 0. The summed E-state index contributed by atoms with van der Waals surface area (Å²) in [5, 5.41) is 9.52. The Kier molecular flexibility index (Phi) is 6.01. The van der Waals surface area contributed by atoms with Gasteiger partial charge in [0.1, 0.15) is 17.5 Å². The van der Waals surface area contributed by atoms with E-state index in [2.05, 4.69) is 4.90 Å². The van der Waals surface area contributed by atoms with Gasteiger partial charge >= 0.3 is 6.18 Å². The fourth-order valence-electron chi connectivity index (χ4n) is 3.98. The number of halogens is 3. The molecule has 2 heterocycles. The number of piperazine rings is 1. The molecule has 1 saturated heterocycles. The first-order valence-electron chi connectivity index (χ1n) is 10.3. The number of nitriles is 1. The van der Waals surface area contributed by atoms with Crippen LogP contribution in [0.1, 0.15) is 21.6 Å². The van der Waals surface area contributed by atoms with Gasteiger partial charge in [-0.15, -0.1) is 0 Å². The van der Waals surface area contributed by atoms with Gasteiger partial charge in [-0.3, -0.25) is 4.79 Å². The van der Waals surface area contributed by atoms with Crippen molar-refractivity contribution in [2.24, 2.45) is 0 Å². The molecule has 1 aliphatic rings. The summed E-state index contributed by atoms with van der Waals surface area (Å²) < 4.78 is 46.3. The minimum absolute atomic E-state index is 0.0579. The van der Waals surface area contributed by atoms with E-state index < -0.39 is 17.6 Å². The Bertz CT molecular complexity index is 1200. The van der Waals surface area contributed by atoms with Crippen molar-refractivity contribution >= 4 is 11.6 Å². The Morgan fingerprint density at radius 2 is 1.76 bits per heavy atom. The Balaban J connectivity index is 1.59. The monoisotopic (exact) mass is 454 g/mol. The number of ether oxygens (including phenoxy) is 1. The van der Waals surface area contributed by atoms with Gasteiger partial charge in [-0.25, -0.2) is 0 Å². The molecule has 0 N–H and O–H groups in total. The molecule has 3 aromatic rings. The average molecular weight is 454 g/mol. The van der Waals surface area contributed by atoms with E-state index in [9.17, 15) is 23.2 Å². The van der Waals surface area contributed by atoms with Crippen molar-refractivity contribution in [1.29, 1.82) is 5.26 Å². The number of hydrogen-bond donors (Lipinski definition) is 0. The standard InChI is InChI=1S/C24H21F3N4O2/c1-33-21-8-3-2-7-20(21)29-11-13-30(14-12-29)23(32)22-17(16-28)9-10-31(22)19-6-4-5-18(15-19)24(25,26)27/h2-10,15H,11-14H2,1H3. The number of rotatable bonds is 4. The van der Waals surface area contributed by atoms with E-state index >= 15 is 0 Å². The fourth-order valence-corrected chi connectivity index (χ4v) is 3.98. The van der Waals surface area contributed by atoms with Crippen LogP contribution in [-0.2, 0) is 6.18 Å². The number of alkyl halides is 3. The van der Waals surface area contributed by atoms with Gasteiger partial charge in [-0.05, 0) is 36.4 Å². The topological polar surface area (TPSA) is 61.5 Å². The minimum Gasteiger partial charge on any atom is -0.495 e. The molecule has 0 bridgehead atoms. The van der Waals surface area contributed by atoms with Gasteiger partial charge in [0, 0.05) is 38.1 Å². The lowest BCUT2D eigenvalue weighted by molar-refractivity contribution is -0.137. The molecule has 33 heavy (non-hydrogen) atoms. The quantitative estimate of drug-likeness (QED) is 0.589. The van der Waals surface area contributed by atoms with Crippen molar-refractivity contribution < 1.29 is 22.7 Å². The van der Waals surface area contributed by atoms with Gasteiger partial charge < -0.3 is 19.1 Å². The zero-order valence-electron chi connectivity index (χ0n) is 17.8. The van der Waals surface area contributed by atoms with Crippen LogP contribution in [-0.4, -0.2) is 48.7 Å². The Hall–Kier alpha value is -3.93. The lowest BCUT2D eigenvalue weighted by atomic mass is 10.1. The van der Waals surface area contributed by atoms with Gasteiger partial charge in [0.2, 0.25) is 0 Å². The van der Waals surface area contributed by atoms with Crippen LogP contribution in [0.5, 0.6) is 5.75 Å². The predicted molar refractivity (Wildman–Crippen MR) is 117 cm³/mol. The van der Waals surface area contributed by atoms with Gasteiger partial charge in [0.25, 0.3) is 5.91 Å². The van der Waals surface area contributed by atoms with Gasteiger partial charge in [0.15, 0.2) is 0 Å². The van der Waals surface area contributed by atoms with Crippen LogP contribution in [0.2, 0.25) is 0 Å². The van der Waals surface area contributed by atoms with Crippen molar-refractivity contribution in [3.8, 4) is 17.5 Å². The Morgan fingerprint density at radius 1 is 1.03 bits per heavy atom. The average Bonchev–Trinajstić information content (AvgIpc) is 3.27. The first kappa shape index (κ1) is 22.3. The Morgan fingerprint density at radius 3 is 2.42 bits per heavy atom.